The highest BCUT2D eigenvalue weighted by Crippen LogP contribution is 2.29. The number of nitro groups is 1. The first kappa shape index (κ1) is 17.1. The predicted molar refractivity (Wildman–Crippen MR) is 92.1 cm³/mol. The number of hydrogen-bond acceptors (Lipinski definition) is 4. The van der Waals surface area contributed by atoms with E-state index in [1.807, 2.05) is 4.68 Å². The van der Waals surface area contributed by atoms with Crippen molar-refractivity contribution in [1.29, 1.82) is 0 Å². The zero-order chi connectivity index (χ0) is 17.8. The van der Waals surface area contributed by atoms with Gasteiger partial charge >= 0.3 is 5.97 Å². The number of aliphatic carboxylic acids is 1. The van der Waals surface area contributed by atoms with Gasteiger partial charge in [0.25, 0.3) is 5.69 Å². The van der Waals surface area contributed by atoms with E-state index in [1.54, 1.807) is 12.1 Å². The number of carbonyl (C=O) groups is 1. The highest BCUT2D eigenvalue weighted by molar-refractivity contribution is 5.66. The van der Waals surface area contributed by atoms with Gasteiger partial charge in [0.15, 0.2) is 0 Å². The van der Waals surface area contributed by atoms with Crippen molar-refractivity contribution in [2.24, 2.45) is 0 Å². The van der Waals surface area contributed by atoms with Crippen LogP contribution in [-0.2, 0) is 24.1 Å². The van der Waals surface area contributed by atoms with Gasteiger partial charge in [-0.2, -0.15) is 5.10 Å². The highest BCUT2D eigenvalue weighted by Gasteiger charge is 2.23. The zero-order valence-corrected chi connectivity index (χ0v) is 14.0. The molecular weight excluding hydrogens is 322 g/mol. The molecule has 3 rings (SSSR count). The average Bonchev–Trinajstić information content (AvgIpc) is 3.18. The SMILES string of the molecule is O=C(O)CCCCCc1nn(-c2ccc([N+](=O)[O-])cc2)c2c1CCC2. The van der Waals surface area contributed by atoms with Crippen LogP contribution < -0.4 is 0 Å². The maximum Gasteiger partial charge on any atom is 0.303 e. The lowest BCUT2D eigenvalue weighted by molar-refractivity contribution is -0.384. The van der Waals surface area contributed by atoms with Crippen LogP contribution in [0.15, 0.2) is 24.3 Å². The second-order valence-electron chi connectivity index (χ2n) is 6.37. The third kappa shape index (κ3) is 3.87. The predicted octanol–water partition coefficient (Wildman–Crippen LogP) is 3.46. The number of non-ortho nitro benzene ring substituents is 1. The number of hydrogen-bond donors (Lipinski definition) is 1. The molecule has 2 aromatic rings. The van der Waals surface area contributed by atoms with Gasteiger partial charge in [0.05, 0.1) is 16.3 Å². The number of carboxylic acid groups (broad SMARTS) is 1. The molecule has 1 N–H and O–H groups in total. The van der Waals surface area contributed by atoms with Crippen LogP contribution in [-0.4, -0.2) is 25.8 Å². The van der Waals surface area contributed by atoms with Gasteiger partial charge in [-0.15, -0.1) is 0 Å². The van der Waals surface area contributed by atoms with E-state index < -0.39 is 10.9 Å². The van der Waals surface area contributed by atoms with Crippen LogP contribution >= 0.6 is 0 Å². The van der Waals surface area contributed by atoms with Crippen molar-refractivity contribution in [2.75, 3.05) is 0 Å². The molecular formula is C18H21N3O4. The van der Waals surface area contributed by atoms with Crippen LogP contribution in [0.3, 0.4) is 0 Å². The summed E-state index contributed by atoms with van der Waals surface area (Å²) in [6.45, 7) is 0. The molecule has 25 heavy (non-hydrogen) atoms. The van der Waals surface area contributed by atoms with Crippen molar-refractivity contribution < 1.29 is 14.8 Å². The quantitative estimate of drug-likeness (QED) is 0.449. The topological polar surface area (TPSA) is 98.3 Å². The molecule has 7 heteroatoms. The molecule has 7 nitrogen and oxygen atoms in total. The summed E-state index contributed by atoms with van der Waals surface area (Å²) in [6.07, 6.45) is 6.66. The van der Waals surface area contributed by atoms with Crippen molar-refractivity contribution in [3.8, 4) is 5.69 Å². The molecule has 1 aliphatic rings. The molecule has 0 saturated carbocycles. The molecule has 0 radical (unpaired) electrons. The van der Waals surface area contributed by atoms with Gasteiger partial charge in [-0.1, -0.05) is 6.42 Å². The van der Waals surface area contributed by atoms with Crippen LogP contribution in [0, 0.1) is 10.1 Å². The van der Waals surface area contributed by atoms with Gasteiger partial charge in [-0.05, 0) is 56.2 Å². The third-order valence-electron chi connectivity index (χ3n) is 4.62. The smallest absolute Gasteiger partial charge is 0.303 e. The molecule has 0 spiro atoms. The van der Waals surface area contributed by atoms with Crippen LogP contribution in [0.4, 0.5) is 5.69 Å². The maximum absolute atomic E-state index is 10.8. The maximum atomic E-state index is 10.8. The fourth-order valence-electron chi connectivity index (χ4n) is 3.39. The van der Waals surface area contributed by atoms with E-state index in [2.05, 4.69) is 0 Å². The zero-order valence-electron chi connectivity index (χ0n) is 14.0. The van der Waals surface area contributed by atoms with E-state index in [1.165, 1.54) is 23.4 Å². The molecule has 1 aliphatic carbocycles. The number of fused-ring (bicyclic) bond motifs is 1. The van der Waals surface area contributed by atoms with Crippen molar-refractivity contribution in [2.45, 2.75) is 51.4 Å². The first-order valence-corrected chi connectivity index (χ1v) is 8.62. The number of unbranched alkanes of at least 4 members (excludes halogenated alkanes) is 2. The lowest BCUT2D eigenvalue weighted by Crippen LogP contribution is -2.02. The monoisotopic (exact) mass is 343 g/mol. The Kier molecular flexibility index (Phi) is 5.11. The van der Waals surface area contributed by atoms with Crippen LogP contribution in [0.25, 0.3) is 5.69 Å². The first-order chi connectivity index (χ1) is 12.1. The summed E-state index contributed by atoms with van der Waals surface area (Å²) in [4.78, 5) is 21.0. The number of aryl methyl sites for hydroxylation is 1. The third-order valence-corrected chi connectivity index (χ3v) is 4.62. The lowest BCUT2D eigenvalue weighted by Gasteiger charge is -2.05. The van der Waals surface area contributed by atoms with Gasteiger partial charge in [-0.3, -0.25) is 14.9 Å². The highest BCUT2D eigenvalue weighted by atomic mass is 16.6. The Bertz CT molecular complexity index is 780. The average molecular weight is 343 g/mol. The second kappa shape index (κ2) is 7.46. The summed E-state index contributed by atoms with van der Waals surface area (Å²) in [6, 6.07) is 6.48. The molecule has 0 bridgehead atoms. The first-order valence-electron chi connectivity index (χ1n) is 8.62. The molecule has 1 heterocycles. The molecule has 0 amide bonds. The Morgan fingerprint density at radius 2 is 1.96 bits per heavy atom. The standard InChI is InChI=1S/C18H21N3O4/c22-18(23)8-3-1-2-6-16-15-5-4-7-17(15)20(19-16)13-9-11-14(12-10-13)21(24)25/h9-12H,1-8H2,(H,22,23). The Hall–Kier alpha value is -2.70. The molecule has 0 unspecified atom stereocenters. The number of rotatable bonds is 8. The minimum Gasteiger partial charge on any atom is -0.481 e. The summed E-state index contributed by atoms with van der Waals surface area (Å²) in [5.41, 5.74) is 4.51. The van der Waals surface area contributed by atoms with Crippen molar-refractivity contribution in [1.82, 2.24) is 9.78 Å². The van der Waals surface area contributed by atoms with Crippen LogP contribution in [0.2, 0.25) is 0 Å². The molecule has 0 saturated heterocycles. The minimum atomic E-state index is -0.747. The Balaban J connectivity index is 1.73. The van der Waals surface area contributed by atoms with Crippen LogP contribution in [0.1, 0.15) is 49.1 Å². The van der Waals surface area contributed by atoms with E-state index >= 15 is 0 Å². The summed E-state index contributed by atoms with van der Waals surface area (Å²) in [5.74, 6) is -0.747. The molecule has 1 aromatic carbocycles. The summed E-state index contributed by atoms with van der Waals surface area (Å²) < 4.78 is 1.92. The van der Waals surface area contributed by atoms with Crippen molar-refractivity contribution >= 4 is 11.7 Å². The Morgan fingerprint density at radius 1 is 1.20 bits per heavy atom. The summed E-state index contributed by atoms with van der Waals surface area (Å²) in [5, 5.41) is 24.2. The number of benzene rings is 1. The van der Waals surface area contributed by atoms with Crippen molar-refractivity contribution in [3.63, 3.8) is 0 Å². The number of nitro benzene ring substituents is 1. The minimum absolute atomic E-state index is 0.0752. The van der Waals surface area contributed by atoms with Crippen LogP contribution in [0.5, 0.6) is 0 Å². The van der Waals surface area contributed by atoms with E-state index in [0.717, 1.165) is 49.9 Å². The van der Waals surface area contributed by atoms with Gasteiger partial charge in [0.2, 0.25) is 0 Å². The van der Waals surface area contributed by atoms with E-state index in [4.69, 9.17) is 10.2 Å². The fraction of sp³-hybridized carbons (Fsp3) is 0.444. The van der Waals surface area contributed by atoms with Gasteiger partial charge < -0.3 is 5.11 Å². The molecule has 0 aliphatic heterocycles. The Labute approximate surface area is 145 Å². The van der Waals surface area contributed by atoms with Crippen molar-refractivity contribution in [3.05, 3.63) is 51.3 Å². The van der Waals surface area contributed by atoms with Gasteiger partial charge in [0, 0.05) is 24.2 Å². The molecule has 132 valence electrons. The normalized spacial score (nSPS) is 13.0. The number of aromatic nitrogens is 2. The second-order valence-corrected chi connectivity index (χ2v) is 6.37. The number of carboxylic acids is 1. The van der Waals surface area contributed by atoms with E-state index in [9.17, 15) is 14.9 Å². The number of nitrogens with zero attached hydrogens (tertiary/aromatic N) is 3. The summed E-state index contributed by atoms with van der Waals surface area (Å²) in [7, 11) is 0. The lowest BCUT2D eigenvalue weighted by atomic mass is 10.1. The van der Waals surface area contributed by atoms with E-state index in [-0.39, 0.29) is 12.1 Å². The fourth-order valence-corrected chi connectivity index (χ4v) is 3.39. The van der Waals surface area contributed by atoms with Gasteiger partial charge in [0.1, 0.15) is 0 Å². The Morgan fingerprint density at radius 3 is 2.64 bits per heavy atom. The molecule has 0 fully saturated rings. The summed E-state index contributed by atoms with van der Waals surface area (Å²) >= 11 is 0. The molecule has 0 atom stereocenters. The van der Waals surface area contributed by atoms with Gasteiger partial charge in [-0.25, -0.2) is 4.68 Å². The van der Waals surface area contributed by atoms with E-state index in [0.29, 0.717) is 6.42 Å². The largest absolute Gasteiger partial charge is 0.481 e. The molecule has 1 aromatic heterocycles.